The van der Waals surface area contributed by atoms with Crippen LogP contribution in [-0.2, 0) is 0 Å². The van der Waals surface area contributed by atoms with Crippen molar-refractivity contribution in [3.05, 3.63) is 52.0 Å². The van der Waals surface area contributed by atoms with E-state index < -0.39 is 0 Å². The molecule has 0 aliphatic carbocycles. The summed E-state index contributed by atoms with van der Waals surface area (Å²) < 4.78 is 7.39. The highest BCUT2D eigenvalue weighted by molar-refractivity contribution is 7.14. The number of methoxy groups -OCH3 is 1. The molecule has 0 bridgehead atoms. The van der Waals surface area contributed by atoms with Gasteiger partial charge in [0.15, 0.2) is 0 Å². The lowest BCUT2D eigenvalue weighted by Gasteiger charge is -2.02. The Kier molecular flexibility index (Phi) is 3.00. The number of fused-ring (bicyclic) bond motifs is 1. The average Bonchev–Trinajstić information content (AvgIpc) is 2.78. The molecule has 0 spiro atoms. The first-order valence-electron chi connectivity index (χ1n) is 5.51. The molecule has 0 radical (unpaired) electrons. The van der Waals surface area contributed by atoms with E-state index in [0.717, 1.165) is 11.4 Å². The topological polar surface area (TPSA) is 44.1 Å². The standard InChI is InChI=1S/C13H9ClN2O2S/c1-18-9-4-2-8(3-5-9)16-13(17)10-6-7-15-12(14)11(10)19-16/h2-7H,1H3. The second-order valence-electron chi connectivity index (χ2n) is 3.87. The van der Waals surface area contributed by atoms with E-state index in [0.29, 0.717) is 15.2 Å². The van der Waals surface area contributed by atoms with E-state index in [1.807, 2.05) is 24.3 Å². The largest absolute Gasteiger partial charge is 0.497 e. The lowest BCUT2D eigenvalue weighted by Crippen LogP contribution is -2.10. The minimum absolute atomic E-state index is 0.0885. The number of pyridine rings is 1. The van der Waals surface area contributed by atoms with Crippen molar-refractivity contribution in [1.29, 1.82) is 0 Å². The molecule has 0 fully saturated rings. The molecule has 2 aromatic heterocycles. The van der Waals surface area contributed by atoms with Crippen molar-refractivity contribution in [2.75, 3.05) is 7.11 Å². The number of hydrogen-bond donors (Lipinski definition) is 0. The Morgan fingerprint density at radius 2 is 2.00 bits per heavy atom. The van der Waals surface area contributed by atoms with Gasteiger partial charge in [0.05, 0.1) is 22.9 Å². The van der Waals surface area contributed by atoms with E-state index in [-0.39, 0.29) is 5.56 Å². The molecule has 4 nitrogen and oxygen atoms in total. The molecule has 0 saturated heterocycles. The first kappa shape index (κ1) is 12.2. The number of ether oxygens (including phenoxy) is 1. The van der Waals surface area contributed by atoms with Gasteiger partial charge < -0.3 is 4.74 Å². The maximum absolute atomic E-state index is 12.3. The van der Waals surface area contributed by atoms with Crippen molar-refractivity contribution in [3.63, 3.8) is 0 Å². The van der Waals surface area contributed by atoms with Gasteiger partial charge in [0.1, 0.15) is 10.9 Å². The zero-order chi connectivity index (χ0) is 13.4. The van der Waals surface area contributed by atoms with Crippen LogP contribution in [0.2, 0.25) is 5.15 Å². The fraction of sp³-hybridized carbons (Fsp3) is 0.0769. The van der Waals surface area contributed by atoms with Crippen LogP contribution in [0.15, 0.2) is 41.3 Å². The summed E-state index contributed by atoms with van der Waals surface area (Å²) in [6.07, 6.45) is 1.54. The van der Waals surface area contributed by atoms with Crippen molar-refractivity contribution in [3.8, 4) is 11.4 Å². The Bertz CT molecular complexity index is 793. The van der Waals surface area contributed by atoms with Crippen molar-refractivity contribution >= 4 is 33.2 Å². The Morgan fingerprint density at radius 1 is 1.26 bits per heavy atom. The summed E-state index contributed by atoms with van der Waals surface area (Å²) in [5.41, 5.74) is 0.692. The fourth-order valence-electron chi connectivity index (χ4n) is 1.81. The monoisotopic (exact) mass is 292 g/mol. The smallest absolute Gasteiger partial charge is 0.273 e. The van der Waals surface area contributed by atoms with Crippen molar-refractivity contribution in [2.45, 2.75) is 0 Å². The molecule has 1 aromatic carbocycles. The van der Waals surface area contributed by atoms with Gasteiger partial charge in [-0.1, -0.05) is 11.6 Å². The number of nitrogens with zero attached hydrogens (tertiary/aromatic N) is 2. The fourth-order valence-corrected chi connectivity index (χ4v) is 3.04. The van der Waals surface area contributed by atoms with E-state index in [1.165, 1.54) is 17.7 Å². The Morgan fingerprint density at radius 3 is 2.63 bits per heavy atom. The highest BCUT2D eigenvalue weighted by atomic mass is 35.5. The third kappa shape index (κ3) is 2.01. The van der Waals surface area contributed by atoms with Crippen LogP contribution in [0, 0.1) is 0 Å². The first-order valence-corrected chi connectivity index (χ1v) is 6.67. The summed E-state index contributed by atoms with van der Waals surface area (Å²) in [7, 11) is 1.60. The second kappa shape index (κ2) is 4.68. The van der Waals surface area contributed by atoms with Crippen LogP contribution in [0.1, 0.15) is 0 Å². The molecule has 0 N–H and O–H groups in total. The molecule has 96 valence electrons. The number of aromatic nitrogens is 2. The number of rotatable bonds is 2. The van der Waals surface area contributed by atoms with Crippen LogP contribution in [0.3, 0.4) is 0 Å². The molecule has 0 unspecified atom stereocenters. The van der Waals surface area contributed by atoms with Crippen LogP contribution in [0.5, 0.6) is 5.75 Å². The zero-order valence-electron chi connectivity index (χ0n) is 9.96. The Labute approximate surface area is 118 Å². The van der Waals surface area contributed by atoms with Crippen LogP contribution >= 0.6 is 23.1 Å². The summed E-state index contributed by atoms with van der Waals surface area (Å²) in [5, 5.41) is 0.938. The highest BCUT2D eigenvalue weighted by Crippen LogP contribution is 2.26. The summed E-state index contributed by atoms with van der Waals surface area (Å²) in [5.74, 6) is 0.748. The third-order valence-corrected chi connectivity index (χ3v) is 4.32. The van der Waals surface area contributed by atoms with Gasteiger partial charge in [0.25, 0.3) is 5.56 Å². The normalized spacial score (nSPS) is 10.8. The molecule has 0 aliphatic rings. The first-order chi connectivity index (χ1) is 9.20. The van der Waals surface area contributed by atoms with E-state index in [1.54, 1.807) is 17.1 Å². The van der Waals surface area contributed by atoms with Crippen molar-refractivity contribution < 1.29 is 4.74 Å². The predicted molar refractivity (Wildman–Crippen MR) is 76.8 cm³/mol. The summed E-state index contributed by atoms with van der Waals surface area (Å²) in [6, 6.07) is 8.96. The number of halogens is 1. The summed E-state index contributed by atoms with van der Waals surface area (Å²) >= 11 is 7.29. The van der Waals surface area contributed by atoms with Crippen LogP contribution in [0.25, 0.3) is 15.8 Å². The minimum atomic E-state index is -0.0885. The highest BCUT2D eigenvalue weighted by Gasteiger charge is 2.12. The third-order valence-electron chi connectivity index (χ3n) is 2.77. The molecule has 6 heteroatoms. The quantitative estimate of drug-likeness (QED) is 0.682. The molecular weight excluding hydrogens is 284 g/mol. The van der Waals surface area contributed by atoms with Crippen LogP contribution in [0.4, 0.5) is 0 Å². The summed E-state index contributed by atoms with van der Waals surface area (Å²) in [4.78, 5) is 16.3. The predicted octanol–water partition coefficient (Wildman–Crippen LogP) is 3.11. The van der Waals surface area contributed by atoms with Crippen molar-refractivity contribution in [1.82, 2.24) is 8.94 Å². The van der Waals surface area contributed by atoms with Gasteiger partial charge in [-0.2, -0.15) is 0 Å². The lowest BCUT2D eigenvalue weighted by molar-refractivity contribution is 0.415. The zero-order valence-corrected chi connectivity index (χ0v) is 11.5. The van der Waals surface area contributed by atoms with E-state index in [4.69, 9.17) is 16.3 Å². The van der Waals surface area contributed by atoms with Gasteiger partial charge in [0.2, 0.25) is 0 Å². The maximum atomic E-state index is 12.3. The second-order valence-corrected chi connectivity index (χ2v) is 5.18. The van der Waals surface area contributed by atoms with Gasteiger partial charge in [-0.3, -0.25) is 4.79 Å². The minimum Gasteiger partial charge on any atom is -0.497 e. The molecular formula is C13H9ClN2O2S. The van der Waals surface area contributed by atoms with Gasteiger partial charge in [-0.25, -0.2) is 8.94 Å². The van der Waals surface area contributed by atoms with Gasteiger partial charge in [-0.15, -0.1) is 0 Å². The average molecular weight is 293 g/mol. The van der Waals surface area contributed by atoms with Gasteiger partial charge >= 0.3 is 0 Å². The molecule has 0 amide bonds. The van der Waals surface area contributed by atoms with Crippen LogP contribution in [-0.4, -0.2) is 16.1 Å². The van der Waals surface area contributed by atoms with Gasteiger partial charge in [0, 0.05) is 6.20 Å². The van der Waals surface area contributed by atoms with E-state index in [9.17, 15) is 4.79 Å². The SMILES string of the molecule is COc1ccc(-n2sc3c(Cl)nccc3c2=O)cc1. The molecule has 0 atom stereocenters. The van der Waals surface area contributed by atoms with Crippen LogP contribution < -0.4 is 10.3 Å². The van der Waals surface area contributed by atoms with Gasteiger partial charge in [-0.05, 0) is 41.9 Å². The Hall–Kier alpha value is -1.85. The molecule has 19 heavy (non-hydrogen) atoms. The molecule has 0 saturated carbocycles. The molecule has 3 rings (SSSR count). The summed E-state index contributed by atoms with van der Waals surface area (Å²) in [6.45, 7) is 0. The van der Waals surface area contributed by atoms with E-state index in [2.05, 4.69) is 4.98 Å². The Balaban J connectivity index is 2.22. The molecule has 0 aliphatic heterocycles. The molecule has 3 aromatic rings. The van der Waals surface area contributed by atoms with E-state index >= 15 is 0 Å². The number of hydrogen-bond acceptors (Lipinski definition) is 4. The molecule has 2 heterocycles. The number of benzene rings is 1. The van der Waals surface area contributed by atoms with Crippen molar-refractivity contribution in [2.24, 2.45) is 0 Å². The lowest BCUT2D eigenvalue weighted by atomic mass is 10.3. The maximum Gasteiger partial charge on any atom is 0.273 e.